The zero-order chi connectivity index (χ0) is 13.7. The van der Waals surface area contributed by atoms with Crippen LogP contribution in [0, 0.1) is 12.7 Å². The summed E-state index contributed by atoms with van der Waals surface area (Å²) in [5, 5.41) is 0. The standard InChI is InChI=1S/C16H18FNO/c1-12-10-15(6-7-16(12)17)19-11-14-5-3-2-4-13(14)8-9-18/h2-7,10H,8-9,11,18H2,1H3. The molecular weight excluding hydrogens is 241 g/mol. The summed E-state index contributed by atoms with van der Waals surface area (Å²) in [6.45, 7) is 2.82. The van der Waals surface area contributed by atoms with Crippen molar-refractivity contribution in [2.45, 2.75) is 20.0 Å². The molecule has 0 atom stereocenters. The number of benzene rings is 2. The Bertz CT molecular complexity index is 554. The maximum Gasteiger partial charge on any atom is 0.126 e. The van der Waals surface area contributed by atoms with E-state index in [0.29, 0.717) is 24.5 Å². The molecule has 0 saturated carbocycles. The normalized spacial score (nSPS) is 10.5. The Morgan fingerprint density at radius 1 is 1.11 bits per heavy atom. The van der Waals surface area contributed by atoms with Crippen molar-refractivity contribution >= 4 is 0 Å². The molecule has 0 saturated heterocycles. The molecule has 0 spiro atoms. The fraction of sp³-hybridized carbons (Fsp3) is 0.250. The van der Waals surface area contributed by atoms with E-state index in [2.05, 4.69) is 6.07 Å². The van der Waals surface area contributed by atoms with Gasteiger partial charge in [-0.15, -0.1) is 0 Å². The van der Waals surface area contributed by atoms with E-state index >= 15 is 0 Å². The summed E-state index contributed by atoms with van der Waals surface area (Å²) in [6.07, 6.45) is 0.835. The Hall–Kier alpha value is -1.87. The Morgan fingerprint density at radius 2 is 1.84 bits per heavy atom. The molecule has 19 heavy (non-hydrogen) atoms. The quantitative estimate of drug-likeness (QED) is 0.894. The van der Waals surface area contributed by atoms with Crippen LogP contribution in [0.1, 0.15) is 16.7 Å². The third-order valence-electron chi connectivity index (χ3n) is 3.06. The molecule has 2 nitrogen and oxygen atoms in total. The van der Waals surface area contributed by atoms with Gasteiger partial charge in [-0.05, 0) is 54.8 Å². The van der Waals surface area contributed by atoms with Gasteiger partial charge in [0.05, 0.1) is 0 Å². The van der Waals surface area contributed by atoms with Crippen LogP contribution >= 0.6 is 0 Å². The first kappa shape index (κ1) is 13.6. The Kier molecular flexibility index (Phi) is 4.53. The lowest BCUT2D eigenvalue weighted by atomic mass is 10.1. The maximum atomic E-state index is 13.2. The average Bonchev–Trinajstić information content (AvgIpc) is 2.42. The van der Waals surface area contributed by atoms with Crippen LogP contribution < -0.4 is 10.5 Å². The number of aryl methyl sites for hydroxylation is 1. The number of halogens is 1. The van der Waals surface area contributed by atoms with Gasteiger partial charge >= 0.3 is 0 Å². The molecule has 100 valence electrons. The first-order chi connectivity index (χ1) is 9.20. The summed E-state index contributed by atoms with van der Waals surface area (Å²) < 4.78 is 18.9. The van der Waals surface area contributed by atoms with Crippen molar-refractivity contribution in [1.82, 2.24) is 0 Å². The van der Waals surface area contributed by atoms with Crippen molar-refractivity contribution in [1.29, 1.82) is 0 Å². The van der Waals surface area contributed by atoms with Crippen molar-refractivity contribution in [3.05, 3.63) is 65.0 Å². The molecule has 0 fully saturated rings. The van der Waals surface area contributed by atoms with Crippen LogP contribution in [0.3, 0.4) is 0 Å². The largest absolute Gasteiger partial charge is 0.489 e. The molecule has 0 amide bonds. The van der Waals surface area contributed by atoms with E-state index in [1.165, 1.54) is 11.6 Å². The van der Waals surface area contributed by atoms with E-state index in [4.69, 9.17) is 10.5 Å². The number of rotatable bonds is 5. The van der Waals surface area contributed by atoms with Crippen LogP contribution in [-0.4, -0.2) is 6.54 Å². The van der Waals surface area contributed by atoms with E-state index in [-0.39, 0.29) is 5.82 Å². The molecule has 0 unspecified atom stereocenters. The van der Waals surface area contributed by atoms with Gasteiger partial charge in [0.15, 0.2) is 0 Å². The van der Waals surface area contributed by atoms with E-state index in [1.807, 2.05) is 18.2 Å². The highest BCUT2D eigenvalue weighted by Crippen LogP contribution is 2.18. The maximum absolute atomic E-state index is 13.2. The van der Waals surface area contributed by atoms with Crippen molar-refractivity contribution in [3.8, 4) is 5.75 Å². The number of hydrogen-bond acceptors (Lipinski definition) is 2. The summed E-state index contributed by atoms with van der Waals surface area (Å²) in [4.78, 5) is 0. The molecular formula is C16H18FNO. The van der Waals surface area contributed by atoms with E-state index in [1.54, 1.807) is 19.1 Å². The van der Waals surface area contributed by atoms with Crippen LogP contribution in [0.15, 0.2) is 42.5 Å². The van der Waals surface area contributed by atoms with Crippen LogP contribution in [0.25, 0.3) is 0 Å². The zero-order valence-corrected chi connectivity index (χ0v) is 11.0. The second kappa shape index (κ2) is 6.34. The van der Waals surface area contributed by atoms with Gasteiger partial charge in [-0.2, -0.15) is 0 Å². The third kappa shape index (κ3) is 3.55. The lowest BCUT2D eigenvalue weighted by Gasteiger charge is -2.11. The minimum atomic E-state index is -0.212. The lowest BCUT2D eigenvalue weighted by Crippen LogP contribution is -2.07. The second-order valence-corrected chi connectivity index (χ2v) is 4.51. The molecule has 2 aromatic rings. The van der Waals surface area contributed by atoms with Gasteiger partial charge in [0, 0.05) is 0 Å². The average molecular weight is 259 g/mol. The van der Waals surface area contributed by atoms with Gasteiger partial charge in [0.25, 0.3) is 0 Å². The monoisotopic (exact) mass is 259 g/mol. The summed E-state index contributed by atoms with van der Waals surface area (Å²) in [7, 11) is 0. The van der Waals surface area contributed by atoms with Crippen molar-refractivity contribution in [2.24, 2.45) is 5.73 Å². The number of nitrogens with two attached hydrogens (primary N) is 1. The Labute approximate surface area is 113 Å². The van der Waals surface area contributed by atoms with Gasteiger partial charge < -0.3 is 10.5 Å². The molecule has 0 aliphatic rings. The molecule has 0 aliphatic carbocycles. The SMILES string of the molecule is Cc1cc(OCc2ccccc2CCN)ccc1F. The lowest BCUT2D eigenvalue weighted by molar-refractivity contribution is 0.304. The van der Waals surface area contributed by atoms with Gasteiger partial charge in [0.2, 0.25) is 0 Å². The zero-order valence-electron chi connectivity index (χ0n) is 11.0. The molecule has 0 heterocycles. The Morgan fingerprint density at radius 3 is 2.53 bits per heavy atom. The summed E-state index contributed by atoms with van der Waals surface area (Å²) in [5.41, 5.74) is 8.50. The van der Waals surface area contributed by atoms with Crippen LogP contribution in [0.4, 0.5) is 4.39 Å². The van der Waals surface area contributed by atoms with E-state index in [0.717, 1.165) is 12.0 Å². The fourth-order valence-corrected chi connectivity index (χ4v) is 1.97. The van der Waals surface area contributed by atoms with Crippen molar-refractivity contribution in [2.75, 3.05) is 6.54 Å². The second-order valence-electron chi connectivity index (χ2n) is 4.51. The first-order valence-corrected chi connectivity index (χ1v) is 6.36. The summed E-state index contributed by atoms with van der Waals surface area (Å²) in [5.74, 6) is 0.470. The molecule has 0 aromatic heterocycles. The van der Waals surface area contributed by atoms with E-state index < -0.39 is 0 Å². The molecule has 0 bridgehead atoms. The van der Waals surface area contributed by atoms with Crippen molar-refractivity contribution < 1.29 is 9.13 Å². The Balaban J connectivity index is 2.07. The highest BCUT2D eigenvalue weighted by Gasteiger charge is 2.03. The molecule has 2 rings (SSSR count). The molecule has 0 radical (unpaired) electrons. The van der Waals surface area contributed by atoms with Crippen molar-refractivity contribution in [3.63, 3.8) is 0 Å². The summed E-state index contributed by atoms with van der Waals surface area (Å²) in [6, 6.07) is 12.8. The van der Waals surface area contributed by atoms with Gasteiger partial charge in [-0.1, -0.05) is 24.3 Å². The minimum Gasteiger partial charge on any atom is -0.489 e. The van der Waals surface area contributed by atoms with Gasteiger partial charge in [-0.25, -0.2) is 4.39 Å². The number of ether oxygens (including phenoxy) is 1. The molecule has 2 N–H and O–H groups in total. The van der Waals surface area contributed by atoms with Gasteiger partial charge in [-0.3, -0.25) is 0 Å². The van der Waals surface area contributed by atoms with Crippen LogP contribution in [0.2, 0.25) is 0 Å². The van der Waals surface area contributed by atoms with Gasteiger partial charge in [0.1, 0.15) is 18.2 Å². The minimum absolute atomic E-state index is 0.212. The predicted octanol–water partition coefficient (Wildman–Crippen LogP) is 3.21. The highest BCUT2D eigenvalue weighted by atomic mass is 19.1. The third-order valence-corrected chi connectivity index (χ3v) is 3.06. The molecule has 3 heteroatoms. The predicted molar refractivity (Wildman–Crippen MR) is 74.7 cm³/mol. The summed E-state index contributed by atoms with van der Waals surface area (Å²) >= 11 is 0. The molecule has 0 aliphatic heterocycles. The number of hydrogen-bond donors (Lipinski definition) is 1. The topological polar surface area (TPSA) is 35.2 Å². The fourth-order valence-electron chi connectivity index (χ4n) is 1.97. The smallest absolute Gasteiger partial charge is 0.126 e. The highest BCUT2D eigenvalue weighted by molar-refractivity contribution is 5.31. The van der Waals surface area contributed by atoms with E-state index in [9.17, 15) is 4.39 Å². The van der Waals surface area contributed by atoms with Crippen LogP contribution in [0.5, 0.6) is 5.75 Å². The molecule has 2 aromatic carbocycles. The first-order valence-electron chi connectivity index (χ1n) is 6.36. The van der Waals surface area contributed by atoms with Crippen LogP contribution in [-0.2, 0) is 13.0 Å².